The molecular weight excluding hydrogens is 440 g/mol. The molecule has 2 aromatic carbocycles. The minimum atomic E-state index is 0.0645. The van der Waals surface area contributed by atoms with Crippen molar-refractivity contribution in [2.75, 3.05) is 19.6 Å². The number of para-hydroxylation sites is 1. The van der Waals surface area contributed by atoms with Crippen LogP contribution in [0.4, 0.5) is 0 Å². The van der Waals surface area contributed by atoms with E-state index in [0.717, 1.165) is 53.5 Å². The monoisotopic (exact) mass is 466 g/mol. The van der Waals surface area contributed by atoms with Crippen molar-refractivity contribution in [3.05, 3.63) is 99.4 Å². The van der Waals surface area contributed by atoms with E-state index in [-0.39, 0.29) is 5.56 Å². The van der Waals surface area contributed by atoms with Crippen molar-refractivity contribution < 1.29 is 0 Å². The molecule has 0 saturated heterocycles. The molecule has 1 aliphatic rings. The molecule has 0 atom stereocenters. The van der Waals surface area contributed by atoms with Gasteiger partial charge in [0.25, 0.3) is 5.56 Å². The maximum atomic E-state index is 13.5. The Morgan fingerprint density at radius 1 is 1.09 bits per heavy atom. The van der Waals surface area contributed by atoms with E-state index in [1.807, 2.05) is 42.6 Å². The molecule has 0 unspecified atom stereocenters. The number of thiazole rings is 1. The van der Waals surface area contributed by atoms with Gasteiger partial charge in [-0.05, 0) is 37.0 Å². The van der Waals surface area contributed by atoms with Crippen LogP contribution in [-0.2, 0) is 6.42 Å². The summed E-state index contributed by atoms with van der Waals surface area (Å²) in [5, 5.41) is 3.32. The third kappa shape index (κ3) is 3.69. The van der Waals surface area contributed by atoms with Gasteiger partial charge in [-0.1, -0.05) is 54.6 Å². The number of nitrogens with zero attached hydrogens (tertiary/aromatic N) is 3. The Kier molecular flexibility index (Phi) is 5.40. The average molecular weight is 467 g/mol. The van der Waals surface area contributed by atoms with Crippen LogP contribution >= 0.6 is 11.3 Å². The number of fused-ring (bicyclic) bond motifs is 2. The molecular formula is C28H26N4OS. The van der Waals surface area contributed by atoms with Crippen molar-refractivity contribution in [3.63, 3.8) is 0 Å². The smallest absolute Gasteiger partial charge is 0.262 e. The first-order valence-electron chi connectivity index (χ1n) is 11.7. The van der Waals surface area contributed by atoms with Crippen molar-refractivity contribution in [1.29, 1.82) is 0 Å². The van der Waals surface area contributed by atoms with Gasteiger partial charge in [0, 0.05) is 58.9 Å². The highest BCUT2D eigenvalue weighted by Gasteiger charge is 2.18. The zero-order valence-corrected chi connectivity index (χ0v) is 19.9. The quantitative estimate of drug-likeness (QED) is 0.370. The fourth-order valence-electron chi connectivity index (χ4n) is 4.95. The van der Waals surface area contributed by atoms with E-state index in [4.69, 9.17) is 4.98 Å². The number of aromatic nitrogens is 3. The average Bonchev–Trinajstić information content (AvgIpc) is 3.49. The van der Waals surface area contributed by atoms with Crippen LogP contribution in [-0.4, -0.2) is 38.9 Å². The Morgan fingerprint density at radius 3 is 2.74 bits per heavy atom. The van der Waals surface area contributed by atoms with Crippen molar-refractivity contribution >= 4 is 32.8 Å². The lowest BCUT2D eigenvalue weighted by atomic mass is 9.98. The highest BCUT2D eigenvalue weighted by molar-refractivity contribution is 7.15. The maximum Gasteiger partial charge on any atom is 0.262 e. The van der Waals surface area contributed by atoms with Crippen LogP contribution in [0.15, 0.2) is 77.0 Å². The summed E-state index contributed by atoms with van der Waals surface area (Å²) < 4.78 is 1.79. The maximum absolute atomic E-state index is 13.5. The summed E-state index contributed by atoms with van der Waals surface area (Å²) in [4.78, 5) is 24.8. The fraction of sp³-hybridized carbons (Fsp3) is 0.214. The van der Waals surface area contributed by atoms with Gasteiger partial charge in [0.1, 0.15) is 0 Å². The second-order valence-corrected chi connectivity index (χ2v) is 9.70. The lowest BCUT2D eigenvalue weighted by molar-refractivity contribution is 0.305. The SMILES string of the molecule is Cc1nc2scc(-c3ccccc3)n2c(=O)c1CCN1CC=C(c2c[nH]c3ccccc23)CC1. The molecule has 0 radical (unpaired) electrons. The molecule has 170 valence electrons. The Hall–Kier alpha value is -3.48. The zero-order valence-electron chi connectivity index (χ0n) is 19.1. The Balaban J connectivity index is 1.22. The molecule has 3 aromatic heterocycles. The number of aryl methyl sites for hydroxylation is 1. The van der Waals surface area contributed by atoms with E-state index in [1.165, 1.54) is 33.4 Å². The molecule has 4 heterocycles. The molecule has 1 aliphatic heterocycles. The minimum absolute atomic E-state index is 0.0645. The molecule has 5 nitrogen and oxygen atoms in total. The first-order chi connectivity index (χ1) is 16.7. The van der Waals surface area contributed by atoms with Crippen LogP contribution in [0.1, 0.15) is 23.2 Å². The minimum Gasteiger partial charge on any atom is -0.361 e. The zero-order chi connectivity index (χ0) is 23.1. The largest absolute Gasteiger partial charge is 0.361 e. The van der Waals surface area contributed by atoms with Gasteiger partial charge in [0.05, 0.1) is 5.69 Å². The highest BCUT2D eigenvalue weighted by Crippen LogP contribution is 2.29. The van der Waals surface area contributed by atoms with Crippen molar-refractivity contribution in [2.45, 2.75) is 19.8 Å². The van der Waals surface area contributed by atoms with Gasteiger partial charge in [-0.2, -0.15) is 0 Å². The topological polar surface area (TPSA) is 53.4 Å². The normalized spacial score (nSPS) is 14.7. The van der Waals surface area contributed by atoms with E-state index < -0.39 is 0 Å². The van der Waals surface area contributed by atoms with Crippen LogP contribution in [0.3, 0.4) is 0 Å². The molecule has 1 N–H and O–H groups in total. The summed E-state index contributed by atoms with van der Waals surface area (Å²) >= 11 is 1.52. The molecule has 0 fully saturated rings. The van der Waals surface area contributed by atoms with E-state index in [0.29, 0.717) is 6.42 Å². The first kappa shape index (κ1) is 21.1. The van der Waals surface area contributed by atoms with Gasteiger partial charge < -0.3 is 4.98 Å². The number of rotatable bonds is 5. The first-order valence-corrected chi connectivity index (χ1v) is 12.6. The number of H-pyrrole nitrogens is 1. The van der Waals surface area contributed by atoms with E-state index in [9.17, 15) is 4.79 Å². The standard InChI is InChI=1S/C28H26N4OS/c1-19-22(27(33)32-26(18-34-28(32)30-19)21-7-3-2-4-8-21)13-16-31-14-11-20(12-15-31)24-17-29-25-10-6-5-9-23(24)25/h2-11,17-18,29H,12-16H2,1H3. The van der Waals surface area contributed by atoms with Crippen LogP contribution in [0.5, 0.6) is 0 Å². The lowest BCUT2D eigenvalue weighted by Crippen LogP contribution is -2.32. The molecule has 6 rings (SSSR count). The second-order valence-electron chi connectivity index (χ2n) is 8.86. The van der Waals surface area contributed by atoms with Crippen molar-refractivity contribution in [3.8, 4) is 11.3 Å². The van der Waals surface area contributed by atoms with Crippen molar-refractivity contribution in [2.24, 2.45) is 0 Å². The number of nitrogens with one attached hydrogen (secondary N) is 1. The summed E-state index contributed by atoms with van der Waals surface area (Å²) in [5.41, 5.74) is 7.58. The van der Waals surface area contributed by atoms with Crippen LogP contribution < -0.4 is 5.56 Å². The Morgan fingerprint density at radius 2 is 1.91 bits per heavy atom. The molecule has 34 heavy (non-hydrogen) atoms. The third-order valence-corrected chi connectivity index (χ3v) is 7.67. The van der Waals surface area contributed by atoms with Gasteiger partial charge in [-0.15, -0.1) is 11.3 Å². The Bertz CT molecular complexity index is 1570. The van der Waals surface area contributed by atoms with Crippen LogP contribution in [0.25, 0.3) is 32.7 Å². The number of hydrogen-bond acceptors (Lipinski definition) is 4. The van der Waals surface area contributed by atoms with Gasteiger partial charge >= 0.3 is 0 Å². The Labute approximate surface area is 202 Å². The lowest BCUT2D eigenvalue weighted by Gasteiger charge is -2.26. The highest BCUT2D eigenvalue weighted by atomic mass is 32.1. The predicted molar refractivity (Wildman–Crippen MR) is 141 cm³/mol. The molecule has 0 saturated carbocycles. The van der Waals surface area contributed by atoms with Gasteiger partial charge in [0.2, 0.25) is 0 Å². The number of benzene rings is 2. The van der Waals surface area contributed by atoms with E-state index >= 15 is 0 Å². The third-order valence-electron chi connectivity index (χ3n) is 6.85. The summed E-state index contributed by atoms with van der Waals surface area (Å²) in [7, 11) is 0. The van der Waals surface area contributed by atoms with Gasteiger partial charge in [-0.25, -0.2) is 4.98 Å². The summed E-state index contributed by atoms with van der Waals surface area (Å²) in [5.74, 6) is 0. The van der Waals surface area contributed by atoms with E-state index in [1.54, 1.807) is 4.40 Å². The predicted octanol–water partition coefficient (Wildman–Crippen LogP) is 5.54. The summed E-state index contributed by atoms with van der Waals surface area (Å²) in [6.07, 6.45) is 6.19. The molecule has 0 aliphatic carbocycles. The number of hydrogen-bond donors (Lipinski definition) is 1. The molecule has 0 bridgehead atoms. The van der Waals surface area contributed by atoms with Gasteiger partial charge in [0.15, 0.2) is 4.96 Å². The van der Waals surface area contributed by atoms with Crippen LogP contribution in [0, 0.1) is 6.92 Å². The fourth-order valence-corrected chi connectivity index (χ4v) is 5.89. The second kappa shape index (κ2) is 8.70. The van der Waals surface area contributed by atoms with E-state index in [2.05, 4.69) is 46.4 Å². The summed E-state index contributed by atoms with van der Waals surface area (Å²) in [6.45, 7) is 4.71. The number of aromatic amines is 1. The van der Waals surface area contributed by atoms with Crippen molar-refractivity contribution in [1.82, 2.24) is 19.3 Å². The van der Waals surface area contributed by atoms with Gasteiger partial charge in [-0.3, -0.25) is 14.1 Å². The summed E-state index contributed by atoms with van der Waals surface area (Å²) in [6, 6.07) is 18.5. The molecule has 5 aromatic rings. The molecule has 0 amide bonds. The molecule has 6 heteroatoms. The van der Waals surface area contributed by atoms with Crippen LogP contribution in [0.2, 0.25) is 0 Å². The molecule has 0 spiro atoms.